The quantitative estimate of drug-likeness (QED) is 0.849. The van der Waals surface area contributed by atoms with Crippen molar-refractivity contribution in [3.05, 3.63) is 71.8 Å². The number of carbonyl (C=O) groups is 1. The lowest BCUT2D eigenvalue weighted by molar-refractivity contribution is -0.139. The molecule has 1 atom stereocenters. The molecular weight excluding hydrogens is 236 g/mol. The Kier molecular flexibility index (Phi) is 4.73. The second-order valence-electron chi connectivity index (χ2n) is 4.68. The number of rotatable bonds is 6. The Bertz CT molecular complexity index is 505. The molecule has 0 amide bonds. The minimum absolute atomic E-state index is 0.398. The number of aryl methyl sites for hydroxylation is 1. The molecule has 2 rings (SSSR count). The van der Waals surface area contributed by atoms with Crippen molar-refractivity contribution in [2.24, 2.45) is 0 Å². The van der Waals surface area contributed by atoms with E-state index in [2.05, 4.69) is 12.1 Å². The molecule has 0 saturated heterocycles. The van der Waals surface area contributed by atoms with Gasteiger partial charge in [-0.15, -0.1) is 0 Å². The van der Waals surface area contributed by atoms with Crippen LogP contribution >= 0.6 is 0 Å². The fourth-order valence-corrected chi connectivity index (χ4v) is 2.27. The maximum atomic E-state index is 11.3. The molecule has 0 aliphatic heterocycles. The highest BCUT2D eigenvalue weighted by Gasteiger charge is 2.18. The molecule has 98 valence electrons. The van der Waals surface area contributed by atoms with Crippen molar-refractivity contribution in [1.82, 2.24) is 0 Å². The van der Waals surface area contributed by atoms with Crippen molar-refractivity contribution < 1.29 is 9.90 Å². The summed E-state index contributed by atoms with van der Waals surface area (Å²) < 4.78 is 0. The molecule has 0 heterocycles. The molecule has 0 unspecified atom stereocenters. The van der Waals surface area contributed by atoms with Crippen molar-refractivity contribution in [3.63, 3.8) is 0 Å². The van der Waals surface area contributed by atoms with Crippen LogP contribution in [0.25, 0.3) is 0 Å². The Labute approximate surface area is 113 Å². The summed E-state index contributed by atoms with van der Waals surface area (Å²) in [6, 6.07) is 19.7. The third-order valence-corrected chi connectivity index (χ3v) is 3.30. The van der Waals surface area contributed by atoms with Gasteiger partial charge in [0.25, 0.3) is 0 Å². The number of aliphatic carboxylic acids is 1. The molecule has 0 saturated carbocycles. The summed E-state index contributed by atoms with van der Waals surface area (Å²) in [5.41, 5.74) is 2.16. The van der Waals surface area contributed by atoms with E-state index in [0.29, 0.717) is 6.42 Å². The van der Waals surface area contributed by atoms with Gasteiger partial charge in [0.15, 0.2) is 0 Å². The standard InChI is InChI=1S/C17H18O2/c18-17(19)16(15-11-5-2-6-12-15)13-7-10-14-8-3-1-4-9-14/h1-6,8-9,11-12,16H,7,10,13H2,(H,18,19)/t16-/m0/s1. The second kappa shape index (κ2) is 6.74. The van der Waals surface area contributed by atoms with E-state index in [1.165, 1.54) is 5.56 Å². The van der Waals surface area contributed by atoms with Crippen molar-refractivity contribution in [2.45, 2.75) is 25.2 Å². The SMILES string of the molecule is O=C(O)[C@@H](CCCc1ccccc1)c1ccccc1. The topological polar surface area (TPSA) is 37.3 Å². The number of hydrogen-bond donors (Lipinski definition) is 1. The van der Waals surface area contributed by atoms with Crippen LogP contribution < -0.4 is 0 Å². The average Bonchev–Trinajstić information content (AvgIpc) is 2.45. The van der Waals surface area contributed by atoms with E-state index < -0.39 is 11.9 Å². The number of carboxylic acids is 1. The van der Waals surface area contributed by atoms with Crippen molar-refractivity contribution >= 4 is 5.97 Å². The van der Waals surface area contributed by atoms with Crippen LogP contribution in [0.2, 0.25) is 0 Å². The number of carboxylic acid groups (broad SMARTS) is 1. The van der Waals surface area contributed by atoms with E-state index in [0.717, 1.165) is 18.4 Å². The van der Waals surface area contributed by atoms with Gasteiger partial charge in [-0.1, -0.05) is 60.7 Å². The van der Waals surface area contributed by atoms with Crippen LogP contribution in [-0.2, 0) is 11.2 Å². The summed E-state index contributed by atoms with van der Waals surface area (Å²) in [6.45, 7) is 0. The van der Waals surface area contributed by atoms with Gasteiger partial charge in [-0.2, -0.15) is 0 Å². The molecule has 0 aliphatic carbocycles. The van der Waals surface area contributed by atoms with Crippen LogP contribution in [0.5, 0.6) is 0 Å². The predicted molar refractivity (Wildman–Crippen MR) is 76.2 cm³/mol. The van der Waals surface area contributed by atoms with E-state index in [4.69, 9.17) is 0 Å². The number of hydrogen-bond acceptors (Lipinski definition) is 1. The summed E-state index contributed by atoms with van der Waals surface area (Å²) in [7, 11) is 0. The lowest BCUT2D eigenvalue weighted by atomic mass is 9.93. The molecule has 1 N–H and O–H groups in total. The molecule has 19 heavy (non-hydrogen) atoms. The van der Waals surface area contributed by atoms with E-state index >= 15 is 0 Å². The van der Waals surface area contributed by atoms with Crippen molar-refractivity contribution in [2.75, 3.05) is 0 Å². The van der Waals surface area contributed by atoms with Gasteiger partial charge in [0.05, 0.1) is 5.92 Å². The first-order chi connectivity index (χ1) is 9.27. The van der Waals surface area contributed by atoms with Gasteiger partial charge in [-0.3, -0.25) is 4.79 Å². The zero-order valence-corrected chi connectivity index (χ0v) is 10.8. The molecule has 2 heteroatoms. The lowest BCUT2D eigenvalue weighted by Crippen LogP contribution is -2.11. The fraction of sp³-hybridized carbons (Fsp3) is 0.235. The smallest absolute Gasteiger partial charge is 0.310 e. The Morgan fingerprint density at radius 3 is 2.11 bits per heavy atom. The Morgan fingerprint density at radius 2 is 1.53 bits per heavy atom. The monoisotopic (exact) mass is 254 g/mol. The zero-order valence-electron chi connectivity index (χ0n) is 10.8. The van der Waals surface area contributed by atoms with Crippen LogP contribution in [0.1, 0.15) is 29.9 Å². The summed E-state index contributed by atoms with van der Waals surface area (Å²) in [5.74, 6) is -1.14. The zero-order chi connectivity index (χ0) is 13.5. The number of benzene rings is 2. The van der Waals surface area contributed by atoms with Gasteiger partial charge in [-0.05, 0) is 30.4 Å². The molecule has 2 nitrogen and oxygen atoms in total. The molecule has 0 spiro atoms. The maximum Gasteiger partial charge on any atom is 0.310 e. The van der Waals surface area contributed by atoms with Gasteiger partial charge < -0.3 is 5.11 Å². The molecule has 2 aromatic rings. The summed E-state index contributed by atoms with van der Waals surface area (Å²) in [6.07, 6.45) is 2.49. The minimum atomic E-state index is -0.737. The highest BCUT2D eigenvalue weighted by molar-refractivity contribution is 5.75. The Hall–Kier alpha value is -2.09. The van der Waals surface area contributed by atoms with Crippen LogP contribution in [0.4, 0.5) is 0 Å². The molecule has 0 aliphatic rings. The van der Waals surface area contributed by atoms with Gasteiger partial charge >= 0.3 is 5.97 Å². The first-order valence-electron chi connectivity index (χ1n) is 6.59. The van der Waals surface area contributed by atoms with Crippen LogP contribution in [0.15, 0.2) is 60.7 Å². The van der Waals surface area contributed by atoms with Crippen molar-refractivity contribution in [1.29, 1.82) is 0 Å². The van der Waals surface area contributed by atoms with Crippen LogP contribution in [0.3, 0.4) is 0 Å². The van der Waals surface area contributed by atoms with Gasteiger partial charge in [-0.25, -0.2) is 0 Å². The van der Waals surface area contributed by atoms with Crippen LogP contribution in [0, 0.1) is 0 Å². The Balaban J connectivity index is 1.94. The molecule has 0 radical (unpaired) electrons. The molecule has 0 fully saturated rings. The average molecular weight is 254 g/mol. The minimum Gasteiger partial charge on any atom is -0.481 e. The summed E-state index contributed by atoms with van der Waals surface area (Å²) in [5, 5.41) is 9.32. The lowest BCUT2D eigenvalue weighted by Gasteiger charge is -2.12. The van der Waals surface area contributed by atoms with Gasteiger partial charge in [0, 0.05) is 0 Å². The molecular formula is C17H18O2. The Morgan fingerprint density at radius 1 is 0.947 bits per heavy atom. The molecule has 2 aromatic carbocycles. The van der Waals surface area contributed by atoms with E-state index in [-0.39, 0.29) is 0 Å². The maximum absolute atomic E-state index is 11.3. The first kappa shape index (κ1) is 13.3. The van der Waals surface area contributed by atoms with Crippen molar-refractivity contribution in [3.8, 4) is 0 Å². The highest BCUT2D eigenvalue weighted by atomic mass is 16.4. The van der Waals surface area contributed by atoms with E-state index in [1.807, 2.05) is 48.5 Å². The largest absolute Gasteiger partial charge is 0.481 e. The second-order valence-corrected chi connectivity index (χ2v) is 4.68. The first-order valence-corrected chi connectivity index (χ1v) is 6.59. The predicted octanol–water partition coefficient (Wildman–Crippen LogP) is 3.88. The van der Waals surface area contributed by atoms with E-state index in [9.17, 15) is 9.90 Å². The normalized spacial score (nSPS) is 12.0. The third kappa shape index (κ3) is 3.95. The van der Waals surface area contributed by atoms with E-state index in [1.54, 1.807) is 0 Å². The summed E-state index contributed by atoms with van der Waals surface area (Å²) in [4.78, 5) is 11.3. The van der Waals surface area contributed by atoms with Gasteiger partial charge in [0.2, 0.25) is 0 Å². The van der Waals surface area contributed by atoms with Crippen LogP contribution in [-0.4, -0.2) is 11.1 Å². The molecule has 0 bridgehead atoms. The summed E-state index contributed by atoms with van der Waals surface area (Å²) >= 11 is 0. The molecule has 0 aromatic heterocycles. The third-order valence-electron chi connectivity index (χ3n) is 3.30. The fourth-order valence-electron chi connectivity index (χ4n) is 2.27. The highest BCUT2D eigenvalue weighted by Crippen LogP contribution is 2.22. The van der Waals surface area contributed by atoms with Gasteiger partial charge in [0.1, 0.15) is 0 Å².